The largest absolute Gasteiger partial charge is 0.342 e. The first-order valence-electron chi connectivity index (χ1n) is 6.72. The van der Waals surface area contributed by atoms with E-state index in [1.165, 1.54) is 0 Å². The topological polar surface area (TPSA) is 75.0 Å². The molecule has 1 aromatic heterocycles. The minimum atomic E-state index is -0.0680. The quantitative estimate of drug-likeness (QED) is 0.845. The van der Waals surface area contributed by atoms with Crippen molar-refractivity contribution < 1.29 is 0 Å². The highest BCUT2D eigenvalue weighted by Crippen LogP contribution is 2.20. The summed E-state index contributed by atoms with van der Waals surface area (Å²) < 4.78 is 0. The molecule has 0 amide bonds. The molecule has 3 N–H and O–H groups in total. The highest BCUT2D eigenvalue weighted by molar-refractivity contribution is 5.78. The molecule has 1 saturated heterocycles. The number of aromatic amines is 1. The summed E-state index contributed by atoms with van der Waals surface area (Å²) in [5.74, 6) is 1.28. The standard InChI is InChI=1S/C14H18N4O/c15-9-10-5-7-18(8-6-10)14-16-12-4-2-1-3-11(12)13(19)17-14/h1-4,10H,5-9,15H2,(H,16,17,19). The SMILES string of the molecule is NCC1CCN(c2nc3ccccc3c(=O)[nH]2)CC1. The van der Waals surface area contributed by atoms with Gasteiger partial charge in [0.05, 0.1) is 10.9 Å². The molecule has 2 heterocycles. The maximum atomic E-state index is 12.0. The van der Waals surface area contributed by atoms with Crippen LogP contribution in [0.4, 0.5) is 5.95 Å². The second kappa shape index (κ2) is 5.01. The van der Waals surface area contributed by atoms with Crippen LogP contribution in [0.2, 0.25) is 0 Å². The summed E-state index contributed by atoms with van der Waals surface area (Å²) in [5.41, 5.74) is 6.38. The molecule has 0 aliphatic carbocycles. The third kappa shape index (κ3) is 2.33. The summed E-state index contributed by atoms with van der Waals surface area (Å²) in [7, 11) is 0. The summed E-state index contributed by atoms with van der Waals surface area (Å²) in [6, 6.07) is 7.43. The number of nitrogens with zero attached hydrogens (tertiary/aromatic N) is 2. The summed E-state index contributed by atoms with van der Waals surface area (Å²) in [6.45, 7) is 2.56. The average Bonchev–Trinajstić information content (AvgIpc) is 2.47. The van der Waals surface area contributed by atoms with E-state index < -0.39 is 0 Å². The number of anilines is 1. The molecule has 1 aliphatic heterocycles. The lowest BCUT2D eigenvalue weighted by Gasteiger charge is -2.31. The van der Waals surface area contributed by atoms with E-state index in [2.05, 4.69) is 14.9 Å². The number of hydrogen-bond acceptors (Lipinski definition) is 4. The lowest BCUT2D eigenvalue weighted by atomic mass is 9.97. The Balaban J connectivity index is 1.92. The zero-order chi connectivity index (χ0) is 13.2. The molecule has 100 valence electrons. The van der Waals surface area contributed by atoms with Crippen LogP contribution in [0, 0.1) is 5.92 Å². The molecule has 0 atom stereocenters. The van der Waals surface area contributed by atoms with Crippen molar-refractivity contribution >= 4 is 16.9 Å². The first-order chi connectivity index (χ1) is 9.28. The van der Waals surface area contributed by atoms with Crippen LogP contribution >= 0.6 is 0 Å². The van der Waals surface area contributed by atoms with Crippen molar-refractivity contribution in [2.24, 2.45) is 11.7 Å². The molecule has 3 rings (SSSR count). The smallest absolute Gasteiger partial charge is 0.260 e. The van der Waals surface area contributed by atoms with E-state index in [4.69, 9.17) is 5.73 Å². The van der Waals surface area contributed by atoms with Crippen LogP contribution in [-0.2, 0) is 0 Å². The molecule has 0 spiro atoms. The Kier molecular flexibility index (Phi) is 3.21. The normalized spacial score (nSPS) is 17.0. The Morgan fingerprint density at radius 1 is 1.32 bits per heavy atom. The van der Waals surface area contributed by atoms with E-state index in [9.17, 15) is 4.79 Å². The van der Waals surface area contributed by atoms with Crippen LogP contribution in [0.15, 0.2) is 29.1 Å². The van der Waals surface area contributed by atoms with Gasteiger partial charge in [0.25, 0.3) is 5.56 Å². The molecule has 1 fully saturated rings. The maximum absolute atomic E-state index is 12.0. The number of para-hydroxylation sites is 1. The molecular formula is C14H18N4O. The molecular weight excluding hydrogens is 240 g/mol. The van der Waals surface area contributed by atoms with Gasteiger partial charge in [0.2, 0.25) is 5.95 Å². The predicted octanol–water partition coefficient (Wildman–Crippen LogP) is 1.10. The van der Waals surface area contributed by atoms with E-state index in [0.29, 0.717) is 17.3 Å². The van der Waals surface area contributed by atoms with Gasteiger partial charge >= 0.3 is 0 Å². The number of nitrogens with two attached hydrogens (primary N) is 1. The Hall–Kier alpha value is -1.88. The molecule has 19 heavy (non-hydrogen) atoms. The second-order valence-electron chi connectivity index (χ2n) is 5.07. The number of nitrogens with one attached hydrogen (secondary N) is 1. The van der Waals surface area contributed by atoms with Crippen molar-refractivity contribution in [3.63, 3.8) is 0 Å². The Bertz CT molecular complexity index is 629. The summed E-state index contributed by atoms with van der Waals surface area (Å²) in [6.07, 6.45) is 2.13. The minimum Gasteiger partial charge on any atom is -0.342 e. The molecule has 5 heteroatoms. The third-order valence-electron chi connectivity index (χ3n) is 3.85. The first kappa shape index (κ1) is 12.2. The van der Waals surface area contributed by atoms with Crippen molar-refractivity contribution in [1.82, 2.24) is 9.97 Å². The van der Waals surface area contributed by atoms with E-state index in [1.54, 1.807) is 6.07 Å². The molecule has 1 aromatic carbocycles. The Morgan fingerprint density at radius 3 is 2.79 bits per heavy atom. The van der Waals surface area contributed by atoms with Crippen LogP contribution in [-0.4, -0.2) is 29.6 Å². The Labute approximate surface area is 111 Å². The van der Waals surface area contributed by atoms with Crippen LogP contribution in [0.25, 0.3) is 10.9 Å². The molecule has 5 nitrogen and oxygen atoms in total. The summed E-state index contributed by atoms with van der Waals surface area (Å²) in [5, 5.41) is 0.642. The van der Waals surface area contributed by atoms with Crippen molar-refractivity contribution in [2.45, 2.75) is 12.8 Å². The average molecular weight is 258 g/mol. The van der Waals surface area contributed by atoms with Gasteiger partial charge in [-0.15, -0.1) is 0 Å². The van der Waals surface area contributed by atoms with Crippen LogP contribution in [0.1, 0.15) is 12.8 Å². The summed E-state index contributed by atoms with van der Waals surface area (Å²) in [4.78, 5) is 21.6. The minimum absolute atomic E-state index is 0.0680. The molecule has 0 unspecified atom stereocenters. The zero-order valence-electron chi connectivity index (χ0n) is 10.8. The lowest BCUT2D eigenvalue weighted by molar-refractivity contribution is 0.411. The fraction of sp³-hybridized carbons (Fsp3) is 0.429. The van der Waals surface area contributed by atoms with Gasteiger partial charge in [-0.1, -0.05) is 12.1 Å². The predicted molar refractivity (Wildman–Crippen MR) is 76.4 cm³/mol. The highest BCUT2D eigenvalue weighted by atomic mass is 16.1. The maximum Gasteiger partial charge on any atom is 0.260 e. The third-order valence-corrected chi connectivity index (χ3v) is 3.85. The molecule has 0 radical (unpaired) electrons. The van der Waals surface area contributed by atoms with Gasteiger partial charge in [-0.05, 0) is 37.4 Å². The molecule has 0 saturated carbocycles. The van der Waals surface area contributed by atoms with Crippen LogP contribution in [0.5, 0.6) is 0 Å². The van der Waals surface area contributed by atoms with Gasteiger partial charge in [0, 0.05) is 13.1 Å². The van der Waals surface area contributed by atoms with Gasteiger partial charge < -0.3 is 10.6 Å². The number of benzene rings is 1. The van der Waals surface area contributed by atoms with Crippen molar-refractivity contribution in [3.05, 3.63) is 34.6 Å². The van der Waals surface area contributed by atoms with Crippen molar-refractivity contribution in [1.29, 1.82) is 0 Å². The van der Waals surface area contributed by atoms with E-state index in [1.807, 2.05) is 18.2 Å². The highest BCUT2D eigenvalue weighted by Gasteiger charge is 2.20. The van der Waals surface area contributed by atoms with Gasteiger partial charge in [-0.3, -0.25) is 9.78 Å². The summed E-state index contributed by atoms with van der Waals surface area (Å²) >= 11 is 0. The van der Waals surface area contributed by atoms with Gasteiger partial charge in [0.1, 0.15) is 0 Å². The van der Waals surface area contributed by atoms with E-state index in [-0.39, 0.29) is 5.56 Å². The molecule has 1 aliphatic rings. The van der Waals surface area contributed by atoms with Crippen molar-refractivity contribution in [3.8, 4) is 0 Å². The number of fused-ring (bicyclic) bond motifs is 1. The number of H-pyrrole nitrogens is 1. The second-order valence-corrected chi connectivity index (χ2v) is 5.07. The monoisotopic (exact) mass is 258 g/mol. The van der Waals surface area contributed by atoms with Gasteiger partial charge in [-0.2, -0.15) is 0 Å². The lowest BCUT2D eigenvalue weighted by Crippen LogP contribution is -2.37. The van der Waals surface area contributed by atoms with Crippen molar-refractivity contribution in [2.75, 3.05) is 24.5 Å². The fourth-order valence-electron chi connectivity index (χ4n) is 2.60. The van der Waals surface area contributed by atoms with E-state index >= 15 is 0 Å². The number of piperidine rings is 1. The van der Waals surface area contributed by atoms with Crippen LogP contribution < -0.4 is 16.2 Å². The van der Waals surface area contributed by atoms with Gasteiger partial charge in [0.15, 0.2) is 0 Å². The number of hydrogen-bond donors (Lipinski definition) is 2. The molecule has 2 aromatic rings. The van der Waals surface area contributed by atoms with Gasteiger partial charge in [-0.25, -0.2) is 4.98 Å². The number of aromatic nitrogens is 2. The molecule has 0 bridgehead atoms. The number of rotatable bonds is 2. The van der Waals surface area contributed by atoms with E-state index in [0.717, 1.165) is 38.0 Å². The first-order valence-corrected chi connectivity index (χ1v) is 6.72. The Morgan fingerprint density at radius 2 is 2.05 bits per heavy atom. The zero-order valence-corrected chi connectivity index (χ0v) is 10.8. The van der Waals surface area contributed by atoms with Crippen LogP contribution in [0.3, 0.4) is 0 Å². The fourth-order valence-corrected chi connectivity index (χ4v) is 2.60.